The van der Waals surface area contributed by atoms with E-state index in [0.29, 0.717) is 23.6 Å². The fourth-order valence-corrected chi connectivity index (χ4v) is 3.11. The maximum Gasteiger partial charge on any atom is 0.251 e. The average molecular weight is 429 g/mol. The van der Waals surface area contributed by atoms with Crippen molar-refractivity contribution in [2.24, 2.45) is 5.10 Å². The van der Waals surface area contributed by atoms with Crippen molar-refractivity contribution in [3.63, 3.8) is 0 Å². The number of hydrogen-bond donors (Lipinski definition) is 2. The Kier molecular flexibility index (Phi) is 6.47. The number of para-hydroxylation sites is 1. The number of nitrogens with zero attached hydrogens (tertiary/aromatic N) is 6. The summed E-state index contributed by atoms with van der Waals surface area (Å²) in [6.45, 7) is 1.37. The van der Waals surface area contributed by atoms with Gasteiger partial charge in [0.2, 0.25) is 0 Å². The van der Waals surface area contributed by atoms with Gasteiger partial charge in [0.15, 0.2) is 11.5 Å². The highest BCUT2D eigenvalue weighted by atomic mass is 16.1. The first-order valence-electron chi connectivity index (χ1n) is 10.2. The SMILES string of the molecule is CN(C)CCNC(=O)c1cccc(/C=N/Nc2ncnc3c2cnn3-c2ccccc2)c1. The van der Waals surface area contributed by atoms with E-state index in [-0.39, 0.29) is 5.91 Å². The van der Waals surface area contributed by atoms with E-state index in [2.05, 4.69) is 30.9 Å². The number of hydrazone groups is 1. The Morgan fingerprint density at radius 1 is 1.12 bits per heavy atom. The van der Waals surface area contributed by atoms with Crippen molar-refractivity contribution in [1.82, 2.24) is 30.0 Å². The molecule has 162 valence electrons. The van der Waals surface area contributed by atoms with Gasteiger partial charge in [-0.1, -0.05) is 30.3 Å². The van der Waals surface area contributed by atoms with E-state index >= 15 is 0 Å². The predicted octanol–water partition coefficient (Wildman–Crippen LogP) is 2.55. The van der Waals surface area contributed by atoms with Gasteiger partial charge in [0.1, 0.15) is 6.33 Å². The number of likely N-dealkylation sites (N-methyl/N-ethyl adjacent to an activating group) is 1. The van der Waals surface area contributed by atoms with E-state index in [9.17, 15) is 4.79 Å². The molecule has 0 unspecified atom stereocenters. The monoisotopic (exact) mass is 428 g/mol. The Morgan fingerprint density at radius 2 is 1.97 bits per heavy atom. The molecule has 2 aromatic carbocycles. The minimum atomic E-state index is -0.110. The van der Waals surface area contributed by atoms with Crippen molar-refractivity contribution in [2.75, 3.05) is 32.6 Å². The molecule has 0 bridgehead atoms. The van der Waals surface area contributed by atoms with Crippen LogP contribution >= 0.6 is 0 Å². The third kappa shape index (κ3) is 4.96. The molecule has 0 saturated carbocycles. The molecule has 0 radical (unpaired) electrons. The van der Waals surface area contributed by atoms with Crippen LogP contribution in [0.1, 0.15) is 15.9 Å². The van der Waals surface area contributed by atoms with Crippen LogP contribution in [0.15, 0.2) is 72.2 Å². The molecule has 2 heterocycles. The largest absolute Gasteiger partial charge is 0.351 e. The number of fused-ring (bicyclic) bond motifs is 1. The molecule has 4 rings (SSSR count). The maximum atomic E-state index is 12.3. The van der Waals surface area contributed by atoms with E-state index in [1.54, 1.807) is 29.2 Å². The lowest BCUT2D eigenvalue weighted by Crippen LogP contribution is -2.31. The number of rotatable bonds is 8. The Morgan fingerprint density at radius 3 is 2.78 bits per heavy atom. The molecule has 0 saturated heterocycles. The van der Waals surface area contributed by atoms with Crippen molar-refractivity contribution in [2.45, 2.75) is 0 Å². The Hall–Kier alpha value is -4.11. The minimum Gasteiger partial charge on any atom is -0.351 e. The predicted molar refractivity (Wildman–Crippen MR) is 125 cm³/mol. The molecule has 2 aromatic heterocycles. The first-order valence-corrected chi connectivity index (χ1v) is 10.2. The van der Waals surface area contributed by atoms with E-state index in [4.69, 9.17) is 0 Å². The van der Waals surface area contributed by atoms with Crippen LogP contribution in [-0.4, -0.2) is 64.0 Å². The zero-order valence-electron chi connectivity index (χ0n) is 17.9. The first kappa shape index (κ1) is 21.1. The summed E-state index contributed by atoms with van der Waals surface area (Å²) in [7, 11) is 3.93. The zero-order valence-corrected chi connectivity index (χ0v) is 17.9. The number of amides is 1. The second-order valence-corrected chi connectivity index (χ2v) is 7.41. The highest BCUT2D eigenvalue weighted by molar-refractivity contribution is 5.96. The molecule has 1 amide bonds. The van der Waals surface area contributed by atoms with Gasteiger partial charge in [-0.2, -0.15) is 10.2 Å². The van der Waals surface area contributed by atoms with Crippen molar-refractivity contribution < 1.29 is 4.79 Å². The van der Waals surface area contributed by atoms with Gasteiger partial charge in [0.25, 0.3) is 5.91 Å². The molecule has 0 atom stereocenters. The number of nitrogens with one attached hydrogen (secondary N) is 2. The van der Waals surface area contributed by atoms with Crippen molar-refractivity contribution in [1.29, 1.82) is 0 Å². The van der Waals surface area contributed by atoms with Crippen molar-refractivity contribution in [3.05, 3.63) is 78.2 Å². The summed E-state index contributed by atoms with van der Waals surface area (Å²) >= 11 is 0. The summed E-state index contributed by atoms with van der Waals surface area (Å²) in [6, 6.07) is 17.1. The van der Waals surface area contributed by atoms with Gasteiger partial charge in [0.05, 0.1) is 23.5 Å². The van der Waals surface area contributed by atoms with E-state index in [0.717, 1.165) is 23.2 Å². The topological polar surface area (TPSA) is 100 Å². The Bertz CT molecular complexity index is 1230. The van der Waals surface area contributed by atoms with E-state index < -0.39 is 0 Å². The minimum absolute atomic E-state index is 0.110. The van der Waals surface area contributed by atoms with Crippen LogP contribution in [0.25, 0.3) is 16.7 Å². The van der Waals surface area contributed by atoms with Crippen LogP contribution in [0.4, 0.5) is 5.82 Å². The Labute approximate surface area is 185 Å². The van der Waals surface area contributed by atoms with E-state index in [1.807, 2.05) is 61.5 Å². The summed E-state index contributed by atoms with van der Waals surface area (Å²) < 4.78 is 1.75. The fraction of sp³-hybridized carbons (Fsp3) is 0.174. The molecule has 0 fully saturated rings. The number of benzene rings is 2. The van der Waals surface area contributed by atoms with Gasteiger partial charge in [-0.3, -0.25) is 10.2 Å². The second kappa shape index (κ2) is 9.80. The van der Waals surface area contributed by atoms with Crippen molar-refractivity contribution in [3.8, 4) is 5.69 Å². The molecule has 0 aliphatic heterocycles. The molecular formula is C23H24N8O. The maximum absolute atomic E-state index is 12.3. The molecule has 2 N–H and O–H groups in total. The molecule has 9 nitrogen and oxygen atoms in total. The van der Waals surface area contributed by atoms with Gasteiger partial charge in [0, 0.05) is 18.7 Å². The van der Waals surface area contributed by atoms with Crippen LogP contribution in [0.2, 0.25) is 0 Å². The van der Waals surface area contributed by atoms with Crippen molar-refractivity contribution >= 4 is 29.0 Å². The lowest BCUT2D eigenvalue weighted by Gasteiger charge is -2.10. The molecule has 0 aliphatic carbocycles. The number of hydrogen-bond acceptors (Lipinski definition) is 7. The molecule has 0 spiro atoms. The Balaban J connectivity index is 1.47. The second-order valence-electron chi connectivity index (χ2n) is 7.41. The number of carbonyl (C=O) groups is 1. The highest BCUT2D eigenvalue weighted by Crippen LogP contribution is 2.21. The van der Waals surface area contributed by atoms with Gasteiger partial charge < -0.3 is 10.2 Å². The van der Waals surface area contributed by atoms with Crippen LogP contribution in [0.5, 0.6) is 0 Å². The summed E-state index contributed by atoms with van der Waals surface area (Å²) in [6.07, 6.45) is 4.82. The molecular weight excluding hydrogens is 404 g/mol. The van der Waals surface area contributed by atoms with Crippen LogP contribution in [-0.2, 0) is 0 Å². The number of aromatic nitrogens is 4. The third-order valence-electron chi connectivity index (χ3n) is 4.74. The quantitative estimate of drug-likeness (QED) is 0.330. The fourth-order valence-electron chi connectivity index (χ4n) is 3.11. The number of carbonyl (C=O) groups excluding carboxylic acids is 1. The summed E-state index contributed by atoms with van der Waals surface area (Å²) in [5.74, 6) is 0.437. The van der Waals surface area contributed by atoms with Crippen LogP contribution in [0, 0.1) is 0 Å². The first-order chi connectivity index (χ1) is 15.6. The summed E-state index contributed by atoms with van der Waals surface area (Å²) in [5.41, 5.74) is 5.93. The normalized spacial score (nSPS) is 11.3. The molecule has 0 aliphatic rings. The molecule has 32 heavy (non-hydrogen) atoms. The lowest BCUT2D eigenvalue weighted by molar-refractivity contribution is 0.0951. The average Bonchev–Trinajstić information content (AvgIpc) is 3.25. The number of anilines is 1. The van der Waals surface area contributed by atoms with Gasteiger partial charge in [-0.25, -0.2) is 14.6 Å². The van der Waals surface area contributed by atoms with E-state index in [1.165, 1.54) is 6.33 Å². The lowest BCUT2D eigenvalue weighted by atomic mass is 10.1. The standard InChI is InChI=1S/C23H24N8O/c1-30(2)12-11-24-23(32)18-8-6-7-17(13-18)14-27-29-21-20-15-28-31(22(20)26-16-25-21)19-9-4-3-5-10-19/h3-10,13-16H,11-12H2,1-2H3,(H,24,32)(H,25,26,29)/b27-14+. The molecule has 9 heteroatoms. The molecule has 4 aromatic rings. The summed E-state index contributed by atoms with van der Waals surface area (Å²) in [5, 5.41) is 12.4. The third-order valence-corrected chi connectivity index (χ3v) is 4.74. The summed E-state index contributed by atoms with van der Waals surface area (Å²) in [4.78, 5) is 23.0. The van der Waals surface area contributed by atoms with Gasteiger partial charge in [-0.15, -0.1) is 0 Å². The van der Waals surface area contributed by atoms with Gasteiger partial charge in [-0.05, 0) is 43.9 Å². The van der Waals surface area contributed by atoms with Crippen LogP contribution < -0.4 is 10.7 Å². The van der Waals surface area contributed by atoms with Gasteiger partial charge >= 0.3 is 0 Å². The highest BCUT2D eigenvalue weighted by Gasteiger charge is 2.10. The smallest absolute Gasteiger partial charge is 0.251 e. The van der Waals surface area contributed by atoms with Crippen LogP contribution in [0.3, 0.4) is 0 Å². The zero-order chi connectivity index (χ0) is 22.3.